The Labute approximate surface area is 98.8 Å². The minimum atomic E-state index is -0.0918. The molecule has 4 nitrogen and oxygen atoms in total. The summed E-state index contributed by atoms with van der Waals surface area (Å²) >= 11 is 0. The van der Waals surface area contributed by atoms with Gasteiger partial charge in [0.2, 0.25) is 0 Å². The molecule has 0 unspecified atom stereocenters. The normalized spacial score (nSPS) is 14.5. The summed E-state index contributed by atoms with van der Waals surface area (Å²) in [4.78, 5) is 14.0. The van der Waals surface area contributed by atoms with Gasteiger partial charge in [0.1, 0.15) is 6.26 Å². The first-order chi connectivity index (χ1) is 8.36. The number of aromatic nitrogens is 1. The highest BCUT2D eigenvalue weighted by Gasteiger charge is 2.24. The van der Waals surface area contributed by atoms with E-state index in [9.17, 15) is 4.79 Å². The predicted octanol–water partition coefficient (Wildman–Crippen LogP) is 2.27. The summed E-state index contributed by atoms with van der Waals surface area (Å²) in [6.07, 6.45) is 3.43. The highest BCUT2D eigenvalue weighted by Crippen LogP contribution is 2.27. The fourth-order valence-corrected chi connectivity index (χ4v) is 2.21. The Hall–Kier alpha value is -2.10. The lowest BCUT2D eigenvalue weighted by Gasteiger charge is -2.28. The number of hydrogen-bond acceptors (Lipinski definition) is 3. The van der Waals surface area contributed by atoms with Gasteiger partial charge in [-0.05, 0) is 24.5 Å². The number of aryl methyl sites for hydroxylation is 1. The molecule has 1 aliphatic heterocycles. The Morgan fingerprint density at radius 2 is 2.18 bits per heavy atom. The third-order valence-electron chi connectivity index (χ3n) is 3.01. The van der Waals surface area contributed by atoms with E-state index >= 15 is 0 Å². The highest BCUT2D eigenvalue weighted by molar-refractivity contribution is 6.05. The monoisotopic (exact) mass is 228 g/mol. The smallest absolute Gasteiger partial charge is 0.280 e. The van der Waals surface area contributed by atoms with E-state index in [1.54, 1.807) is 11.0 Å². The van der Waals surface area contributed by atoms with Crippen molar-refractivity contribution in [2.75, 3.05) is 11.4 Å². The number of rotatable bonds is 1. The van der Waals surface area contributed by atoms with Crippen LogP contribution in [0.4, 0.5) is 5.69 Å². The molecule has 1 aromatic heterocycles. The van der Waals surface area contributed by atoms with E-state index in [0.717, 1.165) is 25.1 Å². The Bertz CT molecular complexity index is 534. The average Bonchev–Trinajstić information content (AvgIpc) is 2.91. The molecule has 86 valence electrons. The van der Waals surface area contributed by atoms with E-state index in [-0.39, 0.29) is 5.91 Å². The van der Waals surface area contributed by atoms with Gasteiger partial charge in [0.15, 0.2) is 5.69 Å². The lowest BCUT2D eigenvalue weighted by Crippen LogP contribution is -2.35. The highest BCUT2D eigenvalue weighted by atomic mass is 16.5. The summed E-state index contributed by atoms with van der Waals surface area (Å²) < 4.78 is 4.72. The number of carbonyl (C=O) groups excluding carboxylic acids is 1. The molecule has 2 aromatic rings. The van der Waals surface area contributed by atoms with Crippen molar-refractivity contribution < 1.29 is 9.32 Å². The van der Waals surface area contributed by atoms with Crippen LogP contribution in [-0.2, 0) is 6.42 Å². The van der Waals surface area contributed by atoms with Crippen LogP contribution in [0.5, 0.6) is 0 Å². The summed E-state index contributed by atoms with van der Waals surface area (Å²) in [5.74, 6) is -0.0918. The molecule has 0 aliphatic carbocycles. The molecule has 0 radical (unpaired) electrons. The molecule has 0 N–H and O–H groups in total. The van der Waals surface area contributed by atoms with Gasteiger partial charge in [0.05, 0.1) is 0 Å². The Morgan fingerprint density at radius 1 is 1.29 bits per heavy atom. The van der Waals surface area contributed by atoms with E-state index in [0.29, 0.717) is 5.69 Å². The van der Waals surface area contributed by atoms with Crippen molar-refractivity contribution in [2.24, 2.45) is 0 Å². The van der Waals surface area contributed by atoms with Crippen LogP contribution in [0.25, 0.3) is 0 Å². The number of benzene rings is 1. The largest absolute Gasteiger partial charge is 0.364 e. The van der Waals surface area contributed by atoms with Crippen LogP contribution in [0.2, 0.25) is 0 Å². The van der Waals surface area contributed by atoms with Gasteiger partial charge >= 0.3 is 0 Å². The number of anilines is 1. The maximum atomic E-state index is 12.2. The van der Waals surface area contributed by atoms with Crippen LogP contribution in [0.1, 0.15) is 22.5 Å². The SMILES string of the molecule is O=C(c1ccon1)N1CCCc2ccccc21. The molecule has 1 amide bonds. The summed E-state index contributed by atoms with van der Waals surface area (Å²) in [5.41, 5.74) is 2.57. The standard InChI is InChI=1S/C13H12N2O2/c16-13(11-7-9-17-14-11)15-8-3-5-10-4-1-2-6-12(10)15/h1-2,4,6-7,9H,3,5,8H2. The van der Waals surface area contributed by atoms with Gasteiger partial charge in [0.25, 0.3) is 5.91 Å². The molecule has 0 spiro atoms. The van der Waals surface area contributed by atoms with Crippen LogP contribution in [0.15, 0.2) is 41.1 Å². The first kappa shape index (κ1) is 10.1. The number of amides is 1. The van der Waals surface area contributed by atoms with Gasteiger partial charge in [-0.25, -0.2) is 0 Å². The van der Waals surface area contributed by atoms with Crippen LogP contribution in [-0.4, -0.2) is 17.6 Å². The first-order valence-corrected chi connectivity index (χ1v) is 5.66. The van der Waals surface area contributed by atoms with Gasteiger partial charge in [-0.15, -0.1) is 0 Å². The molecule has 0 saturated carbocycles. The van der Waals surface area contributed by atoms with Gasteiger partial charge in [-0.1, -0.05) is 23.4 Å². The zero-order valence-corrected chi connectivity index (χ0v) is 9.30. The van der Waals surface area contributed by atoms with E-state index < -0.39 is 0 Å². The Morgan fingerprint density at radius 3 is 3.00 bits per heavy atom. The molecule has 0 atom stereocenters. The molecular weight excluding hydrogens is 216 g/mol. The van der Waals surface area contributed by atoms with Crippen LogP contribution >= 0.6 is 0 Å². The van der Waals surface area contributed by atoms with Crippen LogP contribution in [0, 0.1) is 0 Å². The molecule has 17 heavy (non-hydrogen) atoms. The minimum Gasteiger partial charge on any atom is -0.364 e. The summed E-state index contributed by atoms with van der Waals surface area (Å²) in [5, 5.41) is 3.70. The van der Waals surface area contributed by atoms with Crippen LogP contribution in [0.3, 0.4) is 0 Å². The topological polar surface area (TPSA) is 46.3 Å². The third-order valence-corrected chi connectivity index (χ3v) is 3.01. The van der Waals surface area contributed by atoms with Gasteiger partial charge in [0, 0.05) is 18.3 Å². The predicted molar refractivity (Wildman–Crippen MR) is 62.9 cm³/mol. The third kappa shape index (κ3) is 1.71. The Balaban J connectivity index is 1.98. The fourth-order valence-electron chi connectivity index (χ4n) is 2.21. The van der Waals surface area contributed by atoms with Crippen molar-refractivity contribution in [1.29, 1.82) is 0 Å². The van der Waals surface area contributed by atoms with Crippen LogP contribution < -0.4 is 4.90 Å². The molecule has 1 aliphatic rings. The lowest BCUT2D eigenvalue weighted by atomic mass is 10.0. The summed E-state index contributed by atoms with van der Waals surface area (Å²) in [7, 11) is 0. The van der Waals surface area contributed by atoms with Gasteiger partial charge < -0.3 is 9.42 Å². The molecule has 3 rings (SSSR count). The zero-order chi connectivity index (χ0) is 11.7. The lowest BCUT2D eigenvalue weighted by molar-refractivity contribution is 0.0976. The van der Waals surface area contributed by atoms with Crippen molar-refractivity contribution in [3.05, 3.63) is 47.9 Å². The van der Waals surface area contributed by atoms with E-state index in [1.165, 1.54) is 11.8 Å². The Kier molecular flexibility index (Phi) is 2.40. The number of nitrogens with zero attached hydrogens (tertiary/aromatic N) is 2. The van der Waals surface area contributed by atoms with Crippen molar-refractivity contribution in [3.63, 3.8) is 0 Å². The fraction of sp³-hybridized carbons (Fsp3) is 0.231. The zero-order valence-electron chi connectivity index (χ0n) is 9.30. The summed E-state index contributed by atoms with van der Waals surface area (Å²) in [6.45, 7) is 0.739. The molecule has 4 heteroatoms. The van der Waals surface area contributed by atoms with Crippen molar-refractivity contribution >= 4 is 11.6 Å². The second-order valence-electron chi connectivity index (χ2n) is 4.07. The van der Waals surface area contributed by atoms with Gasteiger partial charge in [-0.2, -0.15) is 0 Å². The second kappa shape index (κ2) is 4.05. The van der Waals surface area contributed by atoms with Crippen molar-refractivity contribution in [2.45, 2.75) is 12.8 Å². The van der Waals surface area contributed by atoms with E-state index in [4.69, 9.17) is 4.52 Å². The van der Waals surface area contributed by atoms with E-state index in [2.05, 4.69) is 11.2 Å². The molecule has 0 saturated heterocycles. The second-order valence-corrected chi connectivity index (χ2v) is 4.07. The number of hydrogen-bond donors (Lipinski definition) is 0. The van der Waals surface area contributed by atoms with Gasteiger partial charge in [-0.3, -0.25) is 4.79 Å². The maximum absolute atomic E-state index is 12.2. The first-order valence-electron chi connectivity index (χ1n) is 5.66. The number of carbonyl (C=O) groups is 1. The van der Waals surface area contributed by atoms with E-state index in [1.807, 2.05) is 18.2 Å². The van der Waals surface area contributed by atoms with Crippen molar-refractivity contribution in [3.8, 4) is 0 Å². The maximum Gasteiger partial charge on any atom is 0.280 e. The minimum absolute atomic E-state index is 0.0918. The summed E-state index contributed by atoms with van der Waals surface area (Å²) in [6, 6.07) is 9.60. The molecular formula is C13H12N2O2. The number of para-hydroxylation sites is 1. The molecule has 2 heterocycles. The molecule has 0 bridgehead atoms. The number of fused-ring (bicyclic) bond motifs is 1. The molecule has 1 aromatic carbocycles. The quantitative estimate of drug-likeness (QED) is 0.752. The van der Waals surface area contributed by atoms with Crippen molar-refractivity contribution in [1.82, 2.24) is 5.16 Å². The molecule has 0 fully saturated rings. The average molecular weight is 228 g/mol.